The summed E-state index contributed by atoms with van der Waals surface area (Å²) >= 11 is 15.7. The molecular formula is C15H11BrCl2F2O. The summed E-state index contributed by atoms with van der Waals surface area (Å²) in [6.45, 7) is 1.55. The van der Waals surface area contributed by atoms with Gasteiger partial charge in [0.2, 0.25) is 0 Å². The average Bonchev–Trinajstić information content (AvgIpc) is 2.41. The summed E-state index contributed by atoms with van der Waals surface area (Å²) in [7, 11) is 1.48. The quantitative estimate of drug-likeness (QED) is 0.577. The van der Waals surface area contributed by atoms with E-state index in [0.717, 1.165) is 6.07 Å². The second-order valence-corrected chi connectivity index (χ2v) is 6.22. The van der Waals surface area contributed by atoms with E-state index < -0.39 is 17.0 Å². The molecule has 0 amide bonds. The summed E-state index contributed by atoms with van der Waals surface area (Å²) in [6.07, 6.45) is 0. The molecular weight excluding hydrogens is 385 g/mol. The molecule has 2 aromatic carbocycles. The molecule has 0 saturated carbocycles. The molecule has 0 fully saturated rings. The number of ether oxygens (including phenoxy) is 1. The standard InChI is InChI=1S/C15H11BrCl2F2O/c1-7-3-9(13(20)6-12(7)19)14(18)10-4-8(17)5-11(16)15(10)21-2/h3-6,14H,1-2H3. The van der Waals surface area contributed by atoms with E-state index in [2.05, 4.69) is 15.9 Å². The summed E-state index contributed by atoms with van der Waals surface area (Å²) in [6, 6.07) is 5.46. The maximum absolute atomic E-state index is 14.0. The first kappa shape index (κ1) is 16.5. The van der Waals surface area contributed by atoms with Gasteiger partial charge in [-0.1, -0.05) is 11.6 Å². The third kappa shape index (κ3) is 3.33. The molecule has 21 heavy (non-hydrogen) atoms. The van der Waals surface area contributed by atoms with Gasteiger partial charge in [0.05, 0.1) is 17.0 Å². The van der Waals surface area contributed by atoms with E-state index in [1.165, 1.54) is 13.2 Å². The smallest absolute Gasteiger partial charge is 0.138 e. The minimum atomic E-state index is -0.853. The Labute approximate surface area is 140 Å². The number of rotatable bonds is 3. The highest BCUT2D eigenvalue weighted by molar-refractivity contribution is 9.10. The molecule has 0 heterocycles. The number of hydrogen-bond donors (Lipinski definition) is 0. The Morgan fingerprint density at radius 1 is 1.10 bits per heavy atom. The minimum Gasteiger partial charge on any atom is -0.495 e. The molecule has 2 aromatic rings. The van der Waals surface area contributed by atoms with Crippen LogP contribution >= 0.6 is 39.1 Å². The Morgan fingerprint density at radius 3 is 2.38 bits per heavy atom. The molecule has 6 heteroatoms. The summed E-state index contributed by atoms with van der Waals surface area (Å²) in [5.74, 6) is -0.864. The lowest BCUT2D eigenvalue weighted by molar-refractivity contribution is 0.407. The summed E-state index contributed by atoms with van der Waals surface area (Å²) in [4.78, 5) is 0. The van der Waals surface area contributed by atoms with E-state index in [1.807, 2.05) is 0 Å². The maximum atomic E-state index is 14.0. The van der Waals surface area contributed by atoms with Crippen LogP contribution in [0.4, 0.5) is 8.78 Å². The zero-order valence-corrected chi connectivity index (χ0v) is 14.3. The van der Waals surface area contributed by atoms with Gasteiger partial charge >= 0.3 is 0 Å². The van der Waals surface area contributed by atoms with Crippen molar-refractivity contribution in [3.63, 3.8) is 0 Å². The lowest BCUT2D eigenvalue weighted by atomic mass is 10.0. The Balaban J connectivity index is 2.60. The summed E-state index contributed by atoms with van der Waals surface area (Å²) in [5.41, 5.74) is 0.989. The van der Waals surface area contributed by atoms with E-state index in [0.29, 0.717) is 26.4 Å². The first-order chi connectivity index (χ1) is 9.85. The summed E-state index contributed by atoms with van der Waals surface area (Å²) in [5, 5.41) is -0.420. The lowest BCUT2D eigenvalue weighted by Gasteiger charge is -2.17. The van der Waals surface area contributed by atoms with Crippen molar-refractivity contribution in [3.8, 4) is 5.75 Å². The molecule has 1 unspecified atom stereocenters. The Kier molecular flexibility index (Phi) is 5.12. The molecule has 0 saturated heterocycles. The van der Waals surface area contributed by atoms with E-state index in [-0.39, 0.29) is 5.56 Å². The monoisotopic (exact) mass is 394 g/mol. The fourth-order valence-corrected chi connectivity index (χ4v) is 3.35. The van der Waals surface area contributed by atoms with Crippen LogP contribution in [0.1, 0.15) is 22.1 Å². The van der Waals surface area contributed by atoms with Gasteiger partial charge in [-0.15, -0.1) is 11.6 Å². The van der Waals surface area contributed by atoms with Crippen molar-refractivity contribution in [1.29, 1.82) is 0 Å². The molecule has 112 valence electrons. The van der Waals surface area contributed by atoms with Crippen LogP contribution in [-0.2, 0) is 0 Å². The van der Waals surface area contributed by atoms with Gasteiger partial charge in [0.1, 0.15) is 17.4 Å². The van der Waals surface area contributed by atoms with Gasteiger partial charge in [0.25, 0.3) is 0 Å². The molecule has 2 rings (SSSR count). The van der Waals surface area contributed by atoms with Crippen LogP contribution in [0.15, 0.2) is 28.7 Å². The molecule has 0 radical (unpaired) electrons. The van der Waals surface area contributed by atoms with Crippen molar-refractivity contribution in [3.05, 3.63) is 62.1 Å². The van der Waals surface area contributed by atoms with E-state index >= 15 is 0 Å². The van der Waals surface area contributed by atoms with E-state index in [4.69, 9.17) is 27.9 Å². The van der Waals surface area contributed by atoms with Crippen LogP contribution in [0.2, 0.25) is 5.02 Å². The minimum absolute atomic E-state index is 0.169. The van der Waals surface area contributed by atoms with Crippen LogP contribution in [0.3, 0.4) is 0 Å². The fourth-order valence-electron chi connectivity index (χ4n) is 2.03. The molecule has 0 N–H and O–H groups in total. The van der Waals surface area contributed by atoms with Gasteiger partial charge in [-0.05, 0) is 46.6 Å². The average molecular weight is 396 g/mol. The van der Waals surface area contributed by atoms with Crippen molar-refractivity contribution >= 4 is 39.1 Å². The van der Waals surface area contributed by atoms with Crippen molar-refractivity contribution in [2.75, 3.05) is 7.11 Å². The van der Waals surface area contributed by atoms with Gasteiger partial charge in [-0.25, -0.2) is 8.78 Å². The number of methoxy groups -OCH3 is 1. The zero-order valence-electron chi connectivity index (χ0n) is 11.2. The topological polar surface area (TPSA) is 9.23 Å². The third-order valence-corrected chi connectivity index (χ3v) is 4.34. The van der Waals surface area contributed by atoms with Crippen molar-refractivity contribution < 1.29 is 13.5 Å². The highest BCUT2D eigenvalue weighted by Gasteiger charge is 2.22. The van der Waals surface area contributed by atoms with E-state index in [1.54, 1.807) is 19.1 Å². The summed E-state index contributed by atoms with van der Waals surface area (Å²) < 4.78 is 33.2. The number of benzene rings is 2. The zero-order chi connectivity index (χ0) is 15.7. The highest BCUT2D eigenvalue weighted by Crippen LogP contribution is 2.42. The Bertz CT molecular complexity index is 692. The van der Waals surface area contributed by atoms with Crippen molar-refractivity contribution in [1.82, 2.24) is 0 Å². The predicted octanol–water partition coefficient (Wildman–Crippen LogP) is 6.03. The number of hydrogen-bond acceptors (Lipinski definition) is 1. The maximum Gasteiger partial charge on any atom is 0.138 e. The van der Waals surface area contributed by atoms with Gasteiger partial charge in [-0.3, -0.25) is 0 Å². The molecule has 0 bridgehead atoms. The van der Waals surface area contributed by atoms with Gasteiger partial charge in [0, 0.05) is 22.2 Å². The van der Waals surface area contributed by atoms with E-state index in [9.17, 15) is 8.78 Å². The molecule has 0 aliphatic rings. The number of halogens is 5. The van der Waals surface area contributed by atoms with Gasteiger partial charge in [-0.2, -0.15) is 0 Å². The van der Waals surface area contributed by atoms with Crippen LogP contribution in [0.25, 0.3) is 0 Å². The Morgan fingerprint density at radius 2 is 1.76 bits per heavy atom. The molecule has 0 spiro atoms. The first-order valence-corrected chi connectivity index (χ1v) is 7.58. The lowest BCUT2D eigenvalue weighted by Crippen LogP contribution is -2.02. The Hall–Kier alpha value is -0.840. The third-order valence-electron chi connectivity index (χ3n) is 3.07. The van der Waals surface area contributed by atoms with Crippen LogP contribution in [0.5, 0.6) is 5.75 Å². The fraction of sp³-hybridized carbons (Fsp3) is 0.200. The van der Waals surface area contributed by atoms with Gasteiger partial charge < -0.3 is 4.74 Å². The molecule has 0 aromatic heterocycles. The molecule has 1 nitrogen and oxygen atoms in total. The van der Waals surface area contributed by atoms with Crippen molar-refractivity contribution in [2.24, 2.45) is 0 Å². The molecule has 0 aliphatic heterocycles. The van der Waals surface area contributed by atoms with Crippen LogP contribution in [0, 0.1) is 18.6 Å². The molecule has 0 aliphatic carbocycles. The second-order valence-electron chi connectivity index (χ2n) is 4.50. The van der Waals surface area contributed by atoms with Gasteiger partial charge in [0.15, 0.2) is 0 Å². The number of alkyl halides is 1. The number of aryl methyl sites for hydroxylation is 1. The normalized spacial score (nSPS) is 12.3. The van der Waals surface area contributed by atoms with Crippen LogP contribution in [-0.4, -0.2) is 7.11 Å². The van der Waals surface area contributed by atoms with Crippen molar-refractivity contribution in [2.45, 2.75) is 12.3 Å². The van der Waals surface area contributed by atoms with Crippen LogP contribution < -0.4 is 4.74 Å². The SMILES string of the molecule is COc1c(Br)cc(Cl)cc1C(Cl)c1cc(C)c(F)cc1F. The first-order valence-electron chi connectivity index (χ1n) is 5.97. The predicted molar refractivity (Wildman–Crippen MR) is 84.5 cm³/mol. The highest BCUT2D eigenvalue weighted by atomic mass is 79.9. The second kappa shape index (κ2) is 6.51. The molecule has 1 atom stereocenters. The largest absolute Gasteiger partial charge is 0.495 e.